The highest BCUT2D eigenvalue weighted by Gasteiger charge is 2.41. The molecule has 1 aliphatic carbocycles. The van der Waals surface area contributed by atoms with Gasteiger partial charge in [-0.05, 0) is 66.9 Å². The van der Waals surface area contributed by atoms with Crippen molar-refractivity contribution >= 4 is 40.6 Å². The number of furan rings is 1. The summed E-state index contributed by atoms with van der Waals surface area (Å²) in [6.45, 7) is 2.22. The number of carboxylic acids is 1. The summed E-state index contributed by atoms with van der Waals surface area (Å²) in [5, 5.41) is 9.81. The summed E-state index contributed by atoms with van der Waals surface area (Å²) >= 11 is 1.38. The second-order valence-corrected chi connectivity index (χ2v) is 9.94. The van der Waals surface area contributed by atoms with Gasteiger partial charge in [-0.1, -0.05) is 50.1 Å². The molecule has 0 unspecified atom stereocenters. The number of hydrogen-bond donors (Lipinski definition) is 1. The fourth-order valence-electron chi connectivity index (χ4n) is 4.64. The van der Waals surface area contributed by atoms with E-state index in [9.17, 15) is 9.59 Å². The third-order valence-corrected chi connectivity index (χ3v) is 7.52. The Balaban J connectivity index is 1.45. The largest absolute Gasteiger partial charge is 0.478 e. The van der Waals surface area contributed by atoms with Gasteiger partial charge in [-0.15, -0.1) is 0 Å². The molecule has 0 bridgehead atoms. The van der Waals surface area contributed by atoms with Crippen LogP contribution in [0, 0.1) is 5.92 Å². The van der Waals surface area contributed by atoms with Crippen LogP contribution in [0.15, 0.2) is 81.0 Å². The van der Waals surface area contributed by atoms with E-state index in [1.165, 1.54) is 18.2 Å². The number of rotatable bonds is 5. The zero-order valence-corrected chi connectivity index (χ0v) is 20.2. The van der Waals surface area contributed by atoms with Gasteiger partial charge < -0.3 is 9.52 Å². The van der Waals surface area contributed by atoms with Gasteiger partial charge in [0.15, 0.2) is 5.17 Å². The fourth-order valence-corrected chi connectivity index (χ4v) is 5.67. The number of nitrogens with zero attached hydrogens (tertiary/aromatic N) is 2. The maximum atomic E-state index is 13.6. The first-order valence-electron chi connectivity index (χ1n) is 11.8. The smallest absolute Gasteiger partial charge is 0.335 e. The van der Waals surface area contributed by atoms with Crippen LogP contribution in [-0.4, -0.2) is 33.1 Å². The van der Waals surface area contributed by atoms with E-state index in [4.69, 9.17) is 14.5 Å². The predicted octanol–water partition coefficient (Wildman–Crippen LogP) is 6.83. The second-order valence-electron chi connectivity index (χ2n) is 8.93. The van der Waals surface area contributed by atoms with Crippen LogP contribution in [0.2, 0.25) is 0 Å². The summed E-state index contributed by atoms with van der Waals surface area (Å²) < 4.78 is 5.99. The Morgan fingerprint density at radius 3 is 2.51 bits per heavy atom. The number of aliphatic imine (C=N–C) groups is 1. The lowest BCUT2D eigenvalue weighted by Crippen LogP contribution is -2.44. The number of thioether (sulfide) groups is 1. The molecular weight excluding hydrogens is 460 g/mol. The third-order valence-electron chi connectivity index (χ3n) is 6.53. The highest BCUT2D eigenvalue weighted by molar-refractivity contribution is 8.18. The van der Waals surface area contributed by atoms with Gasteiger partial charge in [-0.3, -0.25) is 9.69 Å². The molecule has 3 aromatic rings. The number of hydrogen-bond acceptors (Lipinski definition) is 5. The van der Waals surface area contributed by atoms with Crippen LogP contribution in [0.1, 0.15) is 48.7 Å². The Kier molecular flexibility index (Phi) is 6.59. The number of para-hydroxylation sites is 1. The molecule has 2 aliphatic rings. The van der Waals surface area contributed by atoms with Crippen molar-refractivity contribution in [3.63, 3.8) is 0 Å². The number of amidine groups is 1. The number of amides is 1. The van der Waals surface area contributed by atoms with Gasteiger partial charge >= 0.3 is 5.97 Å². The van der Waals surface area contributed by atoms with Crippen LogP contribution in [-0.2, 0) is 4.79 Å². The van der Waals surface area contributed by atoms with Crippen LogP contribution < -0.4 is 0 Å². The van der Waals surface area contributed by atoms with E-state index in [1.807, 2.05) is 47.4 Å². The summed E-state index contributed by atoms with van der Waals surface area (Å²) in [4.78, 5) is 32.0. The molecule has 1 saturated heterocycles. The minimum Gasteiger partial charge on any atom is -0.478 e. The van der Waals surface area contributed by atoms with E-state index in [0.717, 1.165) is 30.5 Å². The molecule has 0 radical (unpaired) electrons. The van der Waals surface area contributed by atoms with E-state index >= 15 is 0 Å². The number of carboxylic acid groups (broad SMARTS) is 1. The van der Waals surface area contributed by atoms with E-state index in [0.29, 0.717) is 27.5 Å². The first-order valence-corrected chi connectivity index (χ1v) is 12.6. The molecule has 178 valence electrons. The average Bonchev–Trinajstić information content (AvgIpc) is 3.45. The molecule has 1 saturated carbocycles. The van der Waals surface area contributed by atoms with Gasteiger partial charge in [-0.2, -0.15) is 0 Å². The number of benzene rings is 2. The van der Waals surface area contributed by atoms with Gasteiger partial charge in [0.2, 0.25) is 0 Å². The number of carbonyl (C=O) groups excluding carboxylic acids is 1. The van der Waals surface area contributed by atoms with Gasteiger partial charge in [0, 0.05) is 17.7 Å². The van der Waals surface area contributed by atoms with Crippen LogP contribution in [0.5, 0.6) is 0 Å². The lowest BCUT2D eigenvalue weighted by molar-refractivity contribution is -0.124. The molecule has 2 fully saturated rings. The van der Waals surface area contributed by atoms with E-state index in [2.05, 4.69) is 6.92 Å². The SMILES string of the molecule is C[C@@H]1CCCC[C@H]1N1C(=O)/C(=C/c2ccc(-c3ccc(C(=O)O)cc3)o2)SC1=Nc1ccccc1. The molecule has 35 heavy (non-hydrogen) atoms. The summed E-state index contributed by atoms with van der Waals surface area (Å²) in [6.07, 6.45) is 6.17. The number of carbonyl (C=O) groups is 2. The van der Waals surface area contributed by atoms with Crippen molar-refractivity contribution < 1.29 is 19.1 Å². The molecule has 1 aromatic heterocycles. The lowest BCUT2D eigenvalue weighted by atomic mass is 9.85. The maximum Gasteiger partial charge on any atom is 0.335 e. The topological polar surface area (TPSA) is 83.1 Å². The maximum absolute atomic E-state index is 13.6. The molecule has 2 heterocycles. The monoisotopic (exact) mass is 486 g/mol. The Labute approximate surface area is 208 Å². The van der Waals surface area contributed by atoms with Gasteiger partial charge in [0.25, 0.3) is 5.91 Å². The lowest BCUT2D eigenvalue weighted by Gasteiger charge is -2.35. The minimum atomic E-state index is -0.969. The summed E-state index contributed by atoms with van der Waals surface area (Å²) in [5.41, 5.74) is 1.81. The van der Waals surface area contributed by atoms with Crippen LogP contribution in [0.4, 0.5) is 5.69 Å². The van der Waals surface area contributed by atoms with Crippen molar-refractivity contribution in [1.29, 1.82) is 0 Å². The highest BCUT2D eigenvalue weighted by Crippen LogP contribution is 2.40. The van der Waals surface area contributed by atoms with E-state index in [-0.39, 0.29) is 17.5 Å². The summed E-state index contributed by atoms with van der Waals surface area (Å²) in [7, 11) is 0. The Morgan fingerprint density at radius 2 is 1.80 bits per heavy atom. The van der Waals surface area contributed by atoms with Gasteiger partial charge in [0.05, 0.1) is 16.2 Å². The normalized spacial score (nSPS) is 22.8. The molecule has 0 spiro atoms. The van der Waals surface area contributed by atoms with Gasteiger partial charge in [0.1, 0.15) is 11.5 Å². The van der Waals surface area contributed by atoms with Crippen molar-refractivity contribution in [1.82, 2.24) is 4.90 Å². The van der Waals surface area contributed by atoms with Crippen molar-refractivity contribution in [3.8, 4) is 11.3 Å². The first-order chi connectivity index (χ1) is 17.0. The summed E-state index contributed by atoms with van der Waals surface area (Å²) in [6, 6.07) is 20.0. The van der Waals surface area contributed by atoms with E-state index in [1.54, 1.807) is 30.3 Å². The molecule has 1 N–H and O–H groups in total. The summed E-state index contributed by atoms with van der Waals surface area (Å²) in [5.74, 6) is 0.587. The molecular formula is C28H26N2O4S. The molecule has 7 heteroatoms. The zero-order chi connectivity index (χ0) is 24.4. The van der Waals surface area contributed by atoms with Crippen molar-refractivity contribution in [2.75, 3.05) is 0 Å². The molecule has 1 amide bonds. The van der Waals surface area contributed by atoms with Crippen molar-refractivity contribution in [2.45, 2.75) is 38.6 Å². The second kappa shape index (κ2) is 9.96. The van der Waals surface area contributed by atoms with Crippen molar-refractivity contribution in [2.24, 2.45) is 10.9 Å². The average molecular weight is 487 g/mol. The predicted molar refractivity (Wildman–Crippen MR) is 138 cm³/mol. The Morgan fingerprint density at radius 1 is 1.06 bits per heavy atom. The van der Waals surface area contributed by atoms with Crippen LogP contribution in [0.3, 0.4) is 0 Å². The first kappa shape index (κ1) is 23.2. The molecule has 5 rings (SSSR count). The molecule has 1 aliphatic heterocycles. The van der Waals surface area contributed by atoms with Gasteiger partial charge in [-0.25, -0.2) is 9.79 Å². The Hall–Kier alpha value is -3.58. The van der Waals surface area contributed by atoms with Crippen LogP contribution in [0.25, 0.3) is 17.4 Å². The minimum absolute atomic E-state index is 0.0350. The standard InChI is InChI=1S/C28H26N2O4S/c1-18-7-5-6-10-23(18)30-26(31)25(35-28(30)29-21-8-3-2-4-9-21)17-22-15-16-24(34-22)19-11-13-20(14-12-19)27(32)33/h2-4,8-9,11-18,23H,5-7,10H2,1H3,(H,32,33)/b25-17-,29-28?/t18-,23-/m1/s1. The third kappa shape index (κ3) is 4.95. The van der Waals surface area contributed by atoms with Crippen molar-refractivity contribution in [3.05, 3.63) is 83.0 Å². The highest BCUT2D eigenvalue weighted by atomic mass is 32.2. The Bertz CT molecular complexity index is 1290. The molecule has 6 nitrogen and oxygen atoms in total. The quantitative estimate of drug-likeness (QED) is 0.400. The molecule has 2 atom stereocenters. The van der Waals surface area contributed by atoms with E-state index < -0.39 is 5.97 Å². The van der Waals surface area contributed by atoms with Crippen LogP contribution >= 0.6 is 11.8 Å². The molecule has 2 aromatic carbocycles. The fraction of sp³-hybridized carbons (Fsp3) is 0.250. The number of aromatic carboxylic acids is 1. The zero-order valence-electron chi connectivity index (χ0n) is 19.4.